The molecule has 1 aromatic heterocycles. The third kappa shape index (κ3) is 3.40. The van der Waals surface area contributed by atoms with Gasteiger partial charge in [0.1, 0.15) is 0 Å². The van der Waals surface area contributed by atoms with Crippen molar-refractivity contribution in [1.29, 1.82) is 0 Å². The topological polar surface area (TPSA) is 62.0 Å². The Balaban J connectivity index is 1.89. The lowest BCUT2D eigenvalue weighted by molar-refractivity contribution is 0.601. The standard InChI is InChI=1S/C18H20N2O2S/c1-3-4-15-11-14-12-16(7-10-18(14)19-15)20-23(21,22)17-8-5-13(2)6-9-17/h5-12,19-20H,3-4H2,1-2H3. The maximum absolute atomic E-state index is 12.4. The number of aromatic nitrogens is 1. The molecule has 0 aliphatic rings. The quantitative estimate of drug-likeness (QED) is 0.736. The van der Waals surface area contributed by atoms with Crippen molar-refractivity contribution in [3.63, 3.8) is 0 Å². The molecule has 1 heterocycles. The van der Waals surface area contributed by atoms with Gasteiger partial charge in [-0.25, -0.2) is 8.42 Å². The Morgan fingerprint density at radius 1 is 1.04 bits per heavy atom. The lowest BCUT2D eigenvalue weighted by Crippen LogP contribution is -2.12. The van der Waals surface area contributed by atoms with Crippen molar-refractivity contribution in [2.24, 2.45) is 0 Å². The second-order valence-electron chi connectivity index (χ2n) is 5.77. The number of rotatable bonds is 5. The summed E-state index contributed by atoms with van der Waals surface area (Å²) in [6.07, 6.45) is 2.05. The number of hydrogen-bond donors (Lipinski definition) is 2. The van der Waals surface area contributed by atoms with E-state index in [2.05, 4.69) is 22.7 Å². The highest BCUT2D eigenvalue weighted by molar-refractivity contribution is 7.92. The Morgan fingerprint density at radius 3 is 2.48 bits per heavy atom. The highest BCUT2D eigenvalue weighted by Gasteiger charge is 2.14. The molecule has 0 spiro atoms. The fraction of sp³-hybridized carbons (Fsp3) is 0.222. The molecule has 0 saturated carbocycles. The Bertz CT molecular complexity index is 925. The van der Waals surface area contributed by atoms with E-state index in [1.54, 1.807) is 30.3 Å². The van der Waals surface area contributed by atoms with Crippen molar-refractivity contribution in [3.8, 4) is 0 Å². The van der Waals surface area contributed by atoms with Crippen LogP contribution in [0.5, 0.6) is 0 Å². The van der Waals surface area contributed by atoms with Gasteiger partial charge in [0.15, 0.2) is 0 Å². The summed E-state index contributed by atoms with van der Waals surface area (Å²) >= 11 is 0. The largest absolute Gasteiger partial charge is 0.358 e. The fourth-order valence-corrected chi connectivity index (χ4v) is 3.64. The lowest BCUT2D eigenvalue weighted by atomic mass is 10.2. The molecule has 0 fully saturated rings. The van der Waals surface area contributed by atoms with Crippen LogP contribution >= 0.6 is 0 Å². The van der Waals surface area contributed by atoms with Crippen LogP contribution in [-0.4, -0.2) is 13.4 Å². The summed E-state index contributed by atoms with van der Waals surface area (Å²) in [6, 6.07) is 14.4. The molecule has 0 aliphatic heterocycles. The molecule has 23 heavy (non-hydrogen) atoms. The van der Waals surface area contributed by atoms with Crippen molar-refractivity contribution >= 4 is 26.6 Å². The van der Waals surface area contributed by atoms with Crippen LogP contribution in [0.4, 0.5) is 5.69 Å². The molecule has 0 aliphatic carbocycles. The van der Waals surface area contributed by atoms with Crippen molar-refractivity contribution in [3.05, 3.63) is 59.8 Å². The van der Waals surface area contributed by atoms with E-state index in [0.717, 1.165) is 29.3 Å². The first-order valence-corrected chi connectivity index (χ1v) is 9.17. The molecule has 2 N–H and O–H groups in total. The average molecular weight is 328 g/mol. The molecule has 3 aromatic rings. The zero-order valence-electron chi connectivity index (χ0n) is 13.3. The van der Waals surface area contributed by atoms with Gasteiger partial charge in [-0.2, -0.15) is 0 Å². The highest BCUT2D eigenvalue weighted by atomic mass is 32.2. The van der Waals surface area contributed by atoms with Gasteiger partial charge in [0.25, 0.3) is 10.0 Å². The molecule has 0 saturated heterocycles. The Labute approximate surface area is 136 Å². The molecular formula is C18H20N2O2S. The summed E-state index contributed by atoms with van der Waals surface area (Å²) in [7, 11) is -3.56. The van der Waals surface area contributed by atoms with Crippen LogP contribution in [0.3, 0.4) is 0 Å². The van der Waals surface area contributed by atoms with E-state index < -0.39 is 10.0 Å². The van der Waals surface area contributed by atoms with Crippen molar-refractivity contribution in [2.45, 2.75) is 31.6 Å². The third-order valence-electron chi connectivity index (χ3n) is 3.78. The number of aromatic amines is 1. The predicted molar refractivity (Wildman–Crippen MR) is 94.3 cm³/mol. The summed E-state index contributed by atoms with van der Waals surface area (Å²) in [5.41, 5.74) is 3.79. The first-order valence-electron chi connectivity index (χ1n) is 7.69. The Kier molecular flexibility index (Phi) is 4.13. The normalized spacial score (nSPS) is 11.7. The minimum Gasteiger partial charge on any atom is -0.358 e. The average Bonchev–Trinajstić information content (AvgIpc) is 2.89. The van der Waals surface area contributed by atoms with E-state index in [9.17, 15) is 8.42 Å². The number of benzene rings is 2. The third-order valence-corrected chi connectivity index (χ3v) is 5.18. The van der Waals surface area contributed by atoms with Crippen LogP contribution in [-0.2, 0) is 16.4 Å². The number of fused-ring (bicyclic) bond motifs is 1. The van der Waals surface area contributed by atoms with E-state index >= 15 is 0 Å². The predicted octanol–water partition coefficient (Wildman–Crippen LogP) is 4.23. The number of anilines is 1. The van der Waals surface area contributed by atoms with Crippen LogP contribution in [0.15, 0.2) is 53.4 Å². The smallest absolute Gasteiger partial charge is 0.261 e. The maximum Gasteiger partial charge on any atom is 0.261 e. The molecule has 0 amide bonds. The Hall–Kier alpha value is -2.27. The first kappa shape index (κ1) is 15.6. The monoisotopic (exact) mass is 328 g/mol. The molecule has 3 rings (SSSR count). The van der Waals surface area contributed by atoms with Crippen LogP contribution < -0.4 is 4.72 Å². The minimum atomic E-state index is -3.56. The summed E-state index contributed by atoms with van der Waals surface area (Å²) in [4.78, 5) is 3.61. The van der Waals surface area contributed by atoms with E-state index in [1.807, 2.05) is 19.1 Å². The SMILES string of the molecule is CCCc1cc2cc(NS(=O)(=O)c3ccc(C)cc3)ccc2[nH]1. The maximum atomic E-state index is 12.4. The van der Waals surface area contributed by atoms with Gasteiger partial charge in [-0.15, -0.1) is 0 Å². The van der Waals surface area contributed by atoms with Crippen molar-refractivity contribution in [1.82, 2.24) is 4.98 Å². The molecule has 120 valence electrons. The molecule has 0 atom stereocenters. The minimum absolute atomic E-state index is 0.268. The second kappa shape index (κ2) is 6.08. The van der Waals surface area contributed by atoms with E-state index in [0.29, 0.717) is 5.69 Å². The first-order chi connectivity index (χ1) is 11.0. The van der Waals surface area contributed by atoms with Gasteiger partial charge < -0.3 is 4.98 Å². The van der Waals surface area contributed by atoms with Gasteiger partial charge in [0.05, 0.1) is 4.90 Å². The van der Waals surface area contributed by atoms with E-state index in [4.69, 9.17) is 0 Å². The summed E-state index contributed by atoms with van der Waals surface area (Å²) in [5.74, 6) is 0. The molecule has 2 aromatic carbocycles. The van der Waals surface area contributed by atoms with Gasteiger partial charge in [-0.05, 0) is 49.7 Å². The van der Waals surface area contributed by atoms with Crippen molar-refractivity contribution < 1.29 is 8.42 Å². The van der Waals surface area contributed by atoms with Gasteiger partial charge in [-0.3, -0.25) is 4.72 Å². The highest BCUT2D eigenvalue weighted by Crippen LogP contribution is 2.23. The number of sulfonamides is 1. The van der Waals surface area contributed by atoms with Crippen molar-refractivity contribution in [2.75, 3.05) is 4.72 Å². The molecule has 0 unspecified atom stereocenters. The van der Waals surface area contributed by atoms with Gasteiger partial charge >= 0.3 is 0 Å². The molecule has 5 heteroatoms. The number of nitrogens with one attached hydrogen (secondary N) is 2. The van der Waals surface area contributed by atoms with Gasteiger partial charge in [-0.1, -0.05) is 31.0 Å². The molecular weight excluding hydrogens is 308 g/mol. The second-order valence-corrected chi connectivity index (χ2v) is 7.45. The lowest BCUT2D eigenvalue weighted by Gasteiger charge is -2.08. The van der Waals surface area contributed by atoms with Gasteiger partial charge in [0, 0.05) is 22.3 Å². The number of hydrogen-bond acceptors (Lipinski definition) is 2. The van der Waals surface area contributed by atoms with Gasteiger partial charge in [0.2, 0.25) is 0 Å². The fourth-order valence-electron chi connectivity index (χ4n) is 2.59. The van der Waals surface area contributed by atoms with E-state index in [-0.39, 0.29) is 4.90 Å². The zero-order valence-corrected chi connectivity index (χ0v) is 14.1. The van der Waals surface area contributed by atoms with Crippen LogP contribution in [0.2, 0.25) is 0 Å². The number of aryl methyl sites for hydroxylation is 2. The molecule has 0 bridgehead atoms. The molecule has 0 radical (unpaired) electrons. The van der Waals surface area contributed by atoms with Crippen LogP contribution in [0, 0.1) is 6.92 Å². The molecule has 4 nitrogen and oxygen atoms in total. The van der Waals surface area contributed by atoms with E-state index in [1.165, 1.54) is 5.69 Å². The Morgan fingerprint density at radius 2 is 1.78 bits per heavy atom. The summed E-state index contributed by atoms with van der Waals surface area (Å²) in [6.45, 7) is 4.06. The number of H-pyrrole nitrogens is 1. The zero-order chi connectivity index (χ0) is 16.4. The summed E-state index contributed by atoms with van der Waals surface area (Å²) < 4.78 is 27.5. The van der Waals surface area contributed by atoms with Crippen LogP contribution in [0.1, 0.15) is 24.6 Å². The van der Waals surface area contributed by atoms with Crippen LogP contribution in [0.25, 0.3) is 10.9 Å². The summed E-state index contributed by atoms with van der Waals surface area (Å²) in [5, 5.41) is 1.01.